The van der Waals surface area contributed by atoms with E-state index < -0.39 is 0 Å². The summed E-state index contributed by atoms with van der Waals surface area (Å²) in [6.07, 6.45) is 2.75. The molecule has 5 heteroatoms. The van der Waals surface area contributed by atoms with Crippen molar-refractivity contribution in [2.45, 2.75) is 46.0 Å². The molecule has 0 aliphatic rings. The second-order valence-corrected chi connectivity index (χ2v) is 4.62. The van der Waals surface area contributed by atoms with E-state index in [-0.39, 0.29) is 24.8 Å². The summed E-state index contributed by atoms with van der Waals surface area (Å²) >= 11 is 0. The number of carbonyl (C=O) groups excluding carboxylic acids is 2. The molecule has 0 aromatic carbocycles. The van der Waals surface area contributed by atoms with Crippen LogP contribution in [0.4, 0.5) is 0 Å². The zero-order chi connectivity index (χ0) is 14.5. The zero-order valence-corrected chi connectivity index (χ0v) is 12.3. The summed E-state index contributed by atoms with van der Waals surface area (Å²) in [6.45, 7) is 5.54. The molecule has 0 aromatic rings. The SMILES string of the molecule is CCCOC(=O)CCC(=O)OCCC(C)CCOC. The number of methoxy groups -OCH3 is 1. The highest BCUT2D eigenvalue weighted by Crippen LogP contribution is 2.08. The Kier molecular flexibility index (Phi) is 11.3. The molecule has 1 atom stereocenters. The highest BCUT2D eigenvalue weighted by atomic mass is 16.5. The minimum absolute atomic E-state index is 0.0923. The Labute approximate surface area is 115 Å². The molecule has 0 amide bonds. The van der Waals surface area contributed by atoms with Gasteiger partial charge in [-0.25, -0.2) is 0 Å². The fraction of sp³-hybridized carbons (Fsp3) is 0.857. The van der Waals surface area contributed by atoms with Crippen LogP contribution < -0.4 is 0 Å². The van der Waals surface area contributed by atoms with Crippen molar-refractivity contribution in [1.82, 2.24) is 0 Å². The first-order chi connectivity index (χ1) is 9.10. The quantitative estimate of drug-likeness (QED) is 0.541. The highest BCUT2D eigenvalue weighted by Gasteiger charge is 2.09. The van der Waals surface area contributed by atoms with Crippen LogP contribution in [0.25, 0.3) is 0 Å². The lowest BCUT2D eigenvalue weighted by Gasteiger charge is -2.10. The summed E-state index contributed by atoms with van der Waals surface area (Å²) in [5, 5.41) is 0. The lowest BCUT2D eigenvalue weighted by molar-refractivity contribution is -0.150. The van der Waals surface area contributed by atoms with Crippen LogP contribution in [0.3, 0.4) is 0 Å². The van der Waals surface area contributed by atoms with E-state index >= 15 is 0 Å². The van der Waals surface area contributed by atoms with Crippen LogP contribution in [-0.2, 0) is 23.8 Å². The third kappa shape index (κ3) is 11.7. The van der Waals surface area contributed by atoms with Gasteiger partial charge in [0, 0.05) is 13.7 Å². The Morgan fingerprint density at radius 3 is 2.00 bits per heavy atom. The maximum absolute atomic E-state index is 11.4. The average molecular weight is 274 g/mol. The number of rotatable bonds is 11. The van der Waals surface area contributed by atoms with Gasteiger partial charge in [-0.3, -0.25) is 9.59 Å². The second-order valence-electron chi connectivity index (χ2n) is 4.62. The van der Waals surface area contributed by atoms with E-state index in [0.29, 0.717) is 19.1 Å². The summed E-state index contributed by atoms with van der Waals surface area (Å²) in [5.74, 6) is -0.220. The normalized spacial score (nSPS) is 11.9. The predicted octanol–water partition coefficient (Wildman–Crippen LogP) is 2.33. The molecule has 0 aliphatic carbocycles. The summed E-state index contributed by atoms with van der Waals surface area (Å²) < 4.78 is 14.9. The molecule has 5 nitrogen and oxygen atoms in total. The molecular weight excluding hydrogens is 248 g/mol. The molecule has 0 radical (unpaired) electrons. The van der Waals surface area contributed by atoms with Gasteiger partial charge in [0.2, 0.25) is 0 Å². The fourth-order valence-electron chi connectivity index (χ4n) is 1.40. The first-order valence-electron chi connectivity index (χ1n) is 6.90. The average Bonchev–Trinajstić information content (AvgIpc) is 2.40. The summed E-state index contributed by atoms with van der Waals surface area (Å²) in [7, 11) is 1.67. The highest BCUT2D eigenvalue weighted by molar-refractivity contribution is 5.77. The van der Waals surface area contributed by atoms with Gasteiger partial charge in [0.1, 0.15) is 0 Å². The first kappa shape index (κ1) is 17.9. The predicted molar refractivity (Wildman–Crippen MR) is 71.7 cm³/mol. The molecule has 112 valence electrons. The number of hydrogen-bond acceptors (Lipinski definition) is 5. The molecule has 0 rings (SSSR count). The molecule has 0 aromatic heterocycles. The monoisotopic (exact) mass is 274 g/mol. The van der Waals surface area contributed by atoms with Crippen molar-refractivity contribution in [2.24, 2.45) is 5.92 Å². The third-order valence-electron chi connectivity index (χ3n) is 2.69. The Hall–Kier alpha value is -1.10. The largest absolute Gasteiger partial charge is 0.466 e. The van der Waals surface area contributed by atoms with Crippen LogP contribution in [-0.4, -0.2) is 38.9 Å². The Bertz CT molecular complexity index is 252. The molecule has 0 saturated carbocycles. The van der Waals surface area contributed by atoms with Gasteiger partial charge >= 0.3 is 11.9 Å². The third-order valence-corrected chi connectivity index (χ3v) is 2.69. The van der Waals surface area contributed by atoms with Gasteiger partial charge in [0.05, 0.1) is 26.1 Å². The Balaban J connectivity index is 3.51. The van der Waals surface area contributed by atoms with Gasteiger partial charge < -0.3 is 14.2 Å². The standard InChI is InChI=1S/C14H26O5/c1-4-9-18-13(15)5-6-14(16)19-11-8-12(2)7-10-17-3/h12H,4-11H2,1-3H3. The lowest BCUT2D eigenvalue weighted by Crippen LogP contribution is -2.12. The van der Waals surface area contributed by atoms with E-state index in [1.807, 2.05) is 6.92 Å². The van der Waals surface area contributed by atoms with Crippen molar-refractivity contribution in [1.29, 1.82) is 0 Å². The Morgan fingerprint density at radius 2 is 1.47 bits per heavy atom. The zero-order valence-electron chi connectivity index (χ0n) is 12.3. The van der Waals surface area contributed by atoms with Crippen molar-refractivity contribution >= 4 is 11.9 Å². The van der Waals surface area contributed by atoms with E-state index in [4.69, 9.17) is 14.2 Å². The van der Waals surface area contributed by atoms with Crippen molar-refractivity contribution in [2.75, 3.05) is 26.9 Å². The minimum Gasteiger partial charge on any atom is -0.466 e. The van der Waals surface area contributed by atoms with Crippen LogP contribution in [0.1, 0.15) is 46.0 Å². The molecule has 0 aliphatic heterocycles. The number of carbonyl (C=O) groups is 2. The van der Waals surface area contributed by atoms with E-state index in [1.165, 1.54) is 0 Å². The van der Waals surface area contributed by atoms with Crippen molar-refractivity contribution in [3.05, 3.63) is 0 Å². The van der Waals surface area contributed by atoms with Crippen LogP contribution in [0.5, 0.6) is 0 Å². The van der Waals surface area contributed by atoms with Gasteiger partial charge in [-0.15, -0.1) is 0 Å². The first-order valence-corrected chi connectivity index (χ1v) is 6.90. The smallest absolute Gasteiger partial charge is 0.306 e. The van der Waals surface area contributed by atoms with Crippen molar-refractivity contribution in [3.8, 4) is 0 Å². The maximum atomic E-state index is 11.4. The topological polar surface area (TPSA) is 61.8 Å². The summed E-state index contributed by atoms with van der Waals surface area (Å²) in [4.78, 5) is 22.5. The molecule has 1 unspecified atom stereocenters. The molecule has 0 fully saturated rings. The van der Waals surface area contributed by atoms with Crippen molar-refractivity contribution in [3.63, 3.8) is 0 Å². The van der Waals surface area contributed by atoms with Gasteiger partial charge in [-0.05, 0) is 25.2 Å². The van der Waals surface area contributed by atoms with E-state index in [2.05, 4.69) is 6.92 Å². The number of hydrogen-bond donors (Lipinski definition) is 0. The van der Waals surface area contributed by atoms with Crippen LogP contribution >= 0.6 is 0 Å². The van der Waals surface area contributed by atoms with Crippen LogP contribution in [0.2, 0.25) is 0 Å². The van der Waals surface area contributed by atoms with Crippen LogP contribution in [0, 0.1) is 5.92 Å². The molecule has 0 heterocycles. The van der Waals surface area contributed by atoms with Crippen molar-refractivity contribution < 1.29 is 23.8 Å². The number of esters is 2. The molecule has 0 bridgehead atoms. The summed E-state index contributed by atoms with van der Waals surface area (Å²) in [5.41, 5.74) is 0. The lowest BCUT2D eigenvalue weighted by atomic mass is 10.1. The summed E-state index contributed by atoms with van der Waals surface area (Å²) in [6, 6.07) is 0. The van der Waals surface area contributed by atoms with Gasteiger partial charge in [-0.2, -0.15) is 0 Å². The molecule has 0 N–H and O–H groups in total. The van der Waals surface area contributed by atoms with E-state index in [0.717, 1.165) is 25.9 Å². The number of ether oxygens (including phenoxy) is 3. The maximum Gasteiger partial charge on any atom is 0.306 e. The fourth-order valence-corrected chi connectivity index (χ4v) is 1.40. The van der Waals surface area contributed by atoms with E-state index in [9.17, 15) is 9.59 Å². The molecule has 19 heavy (non-hydrogen) atoms. The van der Waals surface area contributed by atoms with E-state index in [1.54, 1.807) is 7.11 Å². The Morgan fingerprint density at radius 1 is 0.947 bits per heavy atom. The minimum atomic E-state index is -0.340. The molecule has 0 spiro atoms. The van der Waals surface area contributed by atoms with Gasteiger partial charge in [0.15, 0.2) is 0 Å². The second kappa shape index (κ2) is 12.0. The van der Waals surface area contributed by atoms with Crippen LogP contribution in [0.15, 0.2) is 0 Å². The van der Waals surface area contributed by atoms with Gasteiger partial charge in [-0.1, -0.05) is 13.8 Å². The molecule has 0 saturated heterocycles. The van der Waals surface area contributed by atoms with Gasteiger partial charge in [0.25, 0.3) is 0 Å². The molecular formula is C14H26O5.